The minimum absolute atomic E-state index is 0.0880. The molecule has 2 nitrogen and oxygen atoms in total. The first-order chi connectivity index (χ1) is 5.33. The molecule has 11 heavy (non-hydrogen) atoms. The van der Waals surface area contributed by atoms with Gasteiger partial charge in [0.05, 0.1) is 6.61 Å². The van der Waals surface area contributed by atoms with Crippen LogP contribution >= 0.6 is 0 Å². The van der Waals surface area contributed by atoms with Crippen LogP contribution in [-0.4, -0.2) is 17.5 Å². The minimum Gasteiger partial charge on any atom is -0.392 e. The fourth-order valence-corrected chi connectivity index (χ4v) is 1.48. The van der Waals surface area contributed by atoms with Crippen molar-refractivity contribution in [2.45, 2.75) is 25.7 Å². The molecule has 1 N–H and O–H groups in total. The first kappa shape index (κ1) is 8.47. The molecule has 1 atom stereocenters. The number of carbonyl (C=O) groups is 1. The van der Waals surface area contributed by atoms with Crippen molar-refractivity contribution in [3.05, 3.63) is 12.2 Å². The van der Waals surface area contributed by atoms with E-state index in [4.69, 9.17) is 5.11 Å². The first-order valence-corrected chi connectivity index (χ1v) is 4.12. The summed E-state index contributed by atoms with van der Waals surface area (Å²) in [4.78, 5) is 10.9. The minimum atomic E-state index is 0.0880. The Morgan fingerprint density at radius 2 is 2.45 bits per heavy atom. The van der Waals surface area contributed by atoms with Gasteiger partial charge in [-0.2, -0.15) is 0 Å². The van der Waals surface area contributed by atoms with Crippen LogP contribution in [0.4, 0.5) is 0 Å². The lowest BCUT2D eigenvalue weighted by atomic mass is 9.88. The summed E-state index contributed by atoms with van der Waals surface area (Å²) in [6.07, 6.45) is 7.22. The molecule has 1 rings (SSSR count). The van der Waals surface area contributed by atoms with E-state index in [2.05, 4.69) is 0 Å². The summed E-state index contributed by atoms with van der Waals surface area (Å²) >= 11 is 0. The Kier molecular flexibility index (Phi) is 3.30. The van der Waals surface area contributed by atoms with E-state index in [9.17, 15) is 4.79 Å². The highest BCUT2D eigenvalue weighted by Gasteiger charge is 2.16. The van der Waals surface area contributed by atoms with Crippen LogP contribution < -0.4 is 0 Å². The van der Waals surface area contributed by atoms with Gasteiger partial charge in [-0.15, -0.1) is 0 Å². The highest BCUT2D eigenvalue weighted by Crippen LogP contribution is 2.21. The monoisotopic (exact) mass is 154 g/mol. The molecule has 1 aliphatic carbocycles. The van der Waals surface area contributed by atoms with E-state index in [-0.39, 0.29) is 6.61 Å². The van der Waals surface area contributed by atoms with Gasteiger partial charge in [-0.05, 0) is 18.8 Å². The van der Waals surface area contributed by atoms with Crippen molar-refractivity contribution in [3.8, 4) is 0 Å². The predicted molar refractivity (Wildman–Crippen MR) is 43.2 cm³/mol. The molecular weight excluding hydrogens is 140 g/mol. The maximum absolute atomic E-state index is 10.9. The zero-order valence-electron chi connectivity index (χ0n) is 6.62. The highest BCUT2D eigenvalue weighted by atomic mass is 16.2. The Labute approximate surface area is 66.9 Å². The van der Waals surface area contributed by atoms with Crippen LogP contribution in [0, 0.1) is 5.92 Å². The van der Waals surface area contributed by atoms with Gasteiger partial charge in [-0.1, -0.05) is 12.2 Å². The lowest BCUT2D eigenvalue weighted by Gasteiger charge is -2.16. The molecule has 0 aliphatic heterocycles. The van der Waals surface area contributed by atoms with Crippen LogP contribution in [0.5, 0.6) is 0 Å². The molecular formula is C9H14O2. The largest absolute Gasteiger partial charge is 0.392 e. The summed E-state index contributed by atoms with van der Waals surface area (Å²) in [5.41, 5.74) is 0. The molecule has 0 heterocycles. The van der Waals surface area contributed by atoms with E-state index in [1.54, 1.807) is 6.08 Å². The molecule has 0 aromatic carbocycles. The number of aliphatic hydroxyl groups excluding tert-OH is 1. The standard InChI is InChI=1S/C9H14O2/c10-6-2-4-8-3-1-5-9(11)7-8/h2,4,8,10H,1,3,5-7H2/b4-2+. The Morgan fingerprint density at radius 3 is 3.09 bits per heavy atom. The van der Waals surface area contributed by atoms with Crippen molar-refractivity contribution >= 4 is 5.78 Å². The van der Waals surface area contributed by atoms with E-state index in [1.165, 1.54) is 0 Å². The molecule has 1 saturated carbocycles. The normalized spacial score (nSPS) is 26.3. The van der Waals surface area contributed by atoms with Crippen molar-refractivity contribution in [2.24, 2.45) is 5.92 Å². The molecule has 1 aliphatic rings. The summed E-state index contributed by atoms with van der Waals surface area (Å²) in [6.45, 7) is 0.0880. The predicted octanol–water partition coefficient (Wildman–Crippen LogP) is 1.29. The smallest absolute Gasteiger partial charge is 0.133 e. The van der Waals surface area contributed by atoms with E-state index in [0.717, 1.165) is 19.3 Å². The van der Waals surface area contributed by atoms with Crippen LogP contribution in [0.15, 0.2) is 12.2 Å². The van der Waals surface area contributed by atoms with Gasteiger partial charge in [0, 0.05) is 12.8 Å². The van der Waals surface area contributed by atoms with Crippen molar-refractivity contribution in [2.75, 3.05) is 6.61 Å². The molecule has 1 unspecified atom stereocenters. The molecule has 1 fully saturated rings. The first-order valence-electron chi connectivity index (χ1n) is 4.12. The lowest BCUT2D eigenvalue weighted by molar-refractivity contribution is -0.121. The van der Waals surface area contributed by atoms with Gasteiger partial charge in [0.2, 0.25) is 0 Å². The number of aliphatic hydroxyl groups is 1. The van der Waals surface area contributed by atoms with E-state index >= 15 is 0 Å². The summed E-state index contributed by atoms with van der Waals surface area (Å²) in [6, 6.07) is 0. The Morgan fingerprint density at radius 1 is 1.64 bits per heavy atom. The molecule has 2 heteroatoms. The summed E-state index contributed by atoms with van der Waals surface area (Å²) < 4.78 is 0. The van der Waals surface area contributed by atoms with Crippen molar-refractivity contribution in [3.63, 3.8) is 0 Å². The molecule has 0 spiro atoms. The number of hydrogen-bond donors (Lipinski definition) is 1. The maximum Gasteiger partial charge on any atom is 0.133 e. The zero-order valence-corrected chi connectivity index (χ0v) is 6.62. The van der Waals surface area contributed by atoms with Gasteiger partial charge in [0.1, 0.15) is 5.78 Å². The highest BCUT2D eigenvalue weighted by molar-refractivity contribution is 5.79. The van der Waals surface area contributed by atoms with Crippen LogP contribution in [0.25, 0.3) is 0 Å². The third kappa shape index (κ3) is 2.85. The summed E-state index contributed by atoms with van der Waals surface area (Å²) in [7, 11) is 0. The second kappa shape index (κ2) is 4.29. The molecule has 0 bridgehead atoms. The molecule has 0 aromatic rings. The van der Waals surface area contributed by atoms with Crippen molar-refractivity contribution < 1.29 is 9.90 Å². The number of allylic oxidation sites excluding steroid dienone is 1. The second-order valence-electron chi connectivity index (χ2n) is 3.01. The van der Waals surface area contributed by atoms with Gasteiger partial charge in [-0.3, -0.25) is 4.79 Å². The average Bonchev–Trinajstić information content (AvgIpc) is 2.01. The second-order valence-corrected chi connectivity index (χ2v) is 3.01. The SMILES string of the molecule is O=C1CCCC(/C=C/CO)C1. The fourth-order valence-electron chi connectivity index (χ4n) is 1.48. The summed E-state index contributed by atoms with van der Waals surface area (Å²) in [5.74, 6) is 0.757. The summed E-state index contributed by atoms with van der Waals surface area (Å²) in [5, 5.41) is 8.49. The fraction of sp³-hybridized carbons (Fsp3) is 0.667. The molecule has 0 amide bonds. The topological polar surface area (TPSA) is 37.3 Å². The average molecular weight is 154 g/mol. The van der Waals surface area contributed by atoms with E-state index in [1.807, 2.05) is 6.08 Å². The van der Waals surface area contributed by atoms with Crippen LogP contribution in [0.1, 0.15) is 25.7 Å². The van der Waals surface area contributed by atoms with Crippen LogP contribution in [0.2, 0.25) is 0 Å². The molecule has 62 valence electrons. The Hall–Kier alpha value is -0.630. The van der Waals surface area contributed by atoms with E-state index in [0.29, 0.717) is 18.1 Å². The zero-order chi connectivity index (χ0) is 8.10. The number of Topliss-reactive ketones (excluding diaryl/α,β-unsaturated/α-hetero) is 1. The van der Waals surface area contributed by atoms with Gasteiger partial charge in [0.15, 0.2) is 0 Å². The van der Waals surface area contributed by atoms with Gasteiger partial charge < -0.3 is 5.11 Å². The number of carbonyl (C=O) groups excluding carboxylic acids is 1. The Balaban J connectivity index is 2.34. The van der Waals surface area contributed by atoms with Gasteiger partial charge >= 0.3 is 0 Å². The number of rotatable bonds is 2. The molecule has 0 aromatic heterocycles. The number of ketones is 1. The lowest BCUT2D eigenvalue weighted by Crippen LogP contribution is -2.12. The van der Waals surface area contributed by atoms with Gasteiger partial charge in [0.25, 0.3) is 0 Å². The van der Waals surface area contributed by atoms with E-state index < -0.39 is 0 Å². The van der Waals surface area contributed by atoms with Gasteiger partial charge in [-0.25, -0.2) is 0 Å². The quantitative estimate of drug-likeness (QED) is 0.608. The molecule has 0 saturated heterocycles. The van der Waals surface area contributed by atoms with Crippen LogP contribution in [-0.2, 0) is 4.79 Å². The number of hydrogen-bond acceptors (Lipinski definition) is 2. The third-order valence-electron chi connectivity index (χ3n) is 2.03. The third-order valence-corrected chi connectivity index (χ3v) is 2.03. The Bertz CT molecular complexity index is 161. The molecule has 0 radical (unpaired) electrons. The maximum atomic E-state index is 10.9. The van der Waals surface area contributed by atoms with Crippen molar-refractivity contribution in [1.82, 2.24) is 0 Å². The van der Waals surface area contributed by atoms with Crippen molar-refractivity contribution in [1.29, 1.82) is 0 Å². The van der Waals surface area contributed by atoms with Crippen LogP contribution in [0.3, 0.4) is 0 Å².